The van der Waals surface area contributed by atoms with E-state index in [4.69, 9.17) is 11.6 Å². The molecule has 0 aliphatic carbocycles. The quantitative estimate of drug-likeness (QED) is 0.441. The summed E-state index contributed by atoms with van der Waals surface area (Å²) >= 11 is 0. The van der Waals surface area contributed by atoms with Gasteiger partial charge >= 0.3 is 0 Å². The first kappa shape index (κ1) is 6.23. The second-order valence-corrected chi connectivity index (χ2v) is 2.47. The minimum atomic E-state index is 0.670. The molecule has 0 fully saturated rings. The Balaban J connectivity index is 2.31. The highest BCUT2D eigenvalue weighted by Crippen LogP contribution is 2.11. The van der Waals surface area contributed by atoms with Crippen molar-refractivity contribution in [2.75, 3.05) is 6.54 Å². The van der Waals surface area contributed by atoms with E-state index in [2.05, 4.69) is 4.99 Å². The first-order chi connectivity index (χ1) is 5.27. The summed E-state index contributed by atoms with van der Waals surface area (Å²) in [6.45, 7) is 0.670. The zero-order chi connectivity index (χ0) is 7.84. The molecule has 0 atom stereocenters. The lowest BCUT2D eigenvalue weighted by atomic mass is 10.4. The molecule has 0 unspecified atom stereocenters. The Hall–Kier alpha value is -1.49. The molecule has 0 saturated carbocycles. The highest BCUT2D eigenvalue weighted by molar-refractivity contribution is 5.85. The number of hydrogen-bond donors (Lipinski definition) is 2. The van der Waals surface area contributed by atoms with E-state index in [1.807, 2.05) is 11.1 Å². The third kappa shape index (κ3) is 0.857. The maximum Gasteiger partial charge on any atom is 0.224 e. The van der Waals surface area contributed by atoms with E-state index in [0.717, 1.165) is 11.7 Å². The van der Waals surface area contributed by atoms with E-state index in [9.17, 15) is 0 Å². The van der Waals surface area contributed by atoms with E-state index in [1.165, 1.54) is 5.01 Å². The normalized spacial score (nSPS) is 21.5. The molecule has 0 radical (unpaired) electrons. The van der Waals surface area contributed by atoms with E-state index in [0.29, 0.717) is 6.54 Å². The first-order valence-electron chi connectivity index (χ1n) is 3.28. The van der Waals surface area contributed by atoms with Crippen molar-refractivity contribution in [1.29, 1.82) is 0 Å². The van der Waals surface area contributed by atoms with Gasteiger partial charge in [0.2, 0.25) is 5.96 Å². The van der Waals surface area contributed by atoms with Crippen LogP contribution in [0.4, 0.5) is 0 Å². The average Bonchev–Trinajstić information content (AvgIpc) is 2.32. The Morgan fingerprint density at radius 1 is 1.45 bits per heavy atom. The molecule has 2 rings (SSSR count). The maximum absolute atomic E-state index is 5.56. The zero-order valence-electron chi connectivity index (χ0n) is 5.94. The van der Waals surface area contributed by atoms with Crippen LogP contribution in [0.25, 0.3) is 0 Å². The molecule has 2 aliphatic rings. The molecule has 0 bridgehead atoms. The predicted octanol–water partition coefficient (Wildman–Crippen LogP) is -0.881. The summed E-state index contributed by atoms with van der Waals surface area (Å²) in [6.07, 6.45) is 5.21. The Labute approximate surface area is 64.2 Å². The molecule has 4 N–H and O–H groups in total. The summed E-state index contributed by atoms with van der Waals surface area (Å²) in [7, 11) is 0. The summed E-state index contributed by atoms with van der Waals surface area (Å²) in [6, 6.07) is 0. The molecule has 5 heteroatoms. The van der Waals surface area contributed by atoms with Crippen LogP contribution >= 0.6 is 0 Å². The monoisotopic (exact) mass is 151 g/mol. The van der Waals surface area contributed by atoms with Crippen molar-refractivity contribution in [3.05, 3.63) is 24.3 Å². The van der Waals surface area contributed by atoms with E-state index in [1.54, 1.807) is 12.4 Å². The number of fused-ring (bicyclic) bond motifs is 1. The van der Waals surface area contributed by atoms with Crippen molar-refractivity contribution in [3.63, 3.8) is 0 Å². The Morgan fingerprint density at radius 2 is 2.27 bits per heavy atom. The average molecular weight is 151 g/mol. The van der Waals surface area contributed by atoms with Crippen LogP contribution in [0.2, 0.25) is 0 Å². The van der Waals surface area contributed by atoms with Crippen molar-refractivity contribution in [2.45, 2.75) is 0 Å². The van der Waals surface area contributed by atoms with Crippen LogP contribution in [0.3, 0.4) is 0 Å². The molecule has 58 valence electrons. The Morgan fingerprint density at radius 3 is 3.09 bits per heavy atom. The summed E-state index contributed by atoms with van der Waals surface area (Å²) in [5, 5.41) is 1.46. The maximum atomic E-state index is 5.56. The van der Waals surface area contributed by atoms with E-state index < -0.39 is 0 Å². The van der Waals surface area contributed by atoms with Gasteiger partial charge in [-0.1, -0.05) is 0 Å². The molecular formula is C6H9N5. The van der Waals surface area contributed by atoms with Crippen LogP contribution < -0.4 is 11.6 Å². The standard InChI is InChI=1S/C6H9N5/c7-5-3-9-6-10(4-5)1-2-11(6)8/h1-3H,4,7-8H2. The predicted molar refractivity (Wildman–Crippen MR) is 41.6 cm³/mol. The van der Waals surface area contributed by atoms with Gasteiger partial charge in [-0.2, -0.15) is 0 Å². The van der Waals surface area contributed by atoms with E-state index in [-0.39, 0.29) is 0 Å². The van der Waals surface area contributed by atoms with Gasteiger partial charge in [0.15, 0.2) is 0 Å². The van der Waals surface area contributed by atoms with Gasteiger partial charge in [0, 0.05) is 18.1 Å². The van der Waals surface area contributed by atoms with Crippen molar-refractivity contribution >= 4 is 5.96 Å². The molecular weight excluding hydrogens is 142 g/mol. The summed E-state index contributed by atoms with van der Waals surface area (Å²) in [5.74, 6) is 6.26. The second kappa shape index (κ2) is 2.00. The molecule has 0 aromatic carbocycles. The molecule has 5 nitrogen and oxygen atoms in total. The molecule has 2 heterocycles. The number of nitrogens with zero attached hydrogens (tertiary/aromatic N) is 3. The number of aliphatic imine (C=N–C) groups is 1. The molecule has 0 amide bonds. The number of nitrogens with two attached hydrogens (primary N) is 2. The SMILES string of the molecule is NC1=CN=C2N(N)C=CN2C1. The molecule has 0 aromatic rings. The largest absolute Gasteiger partial charge is 0.399 e. The number of hydrogen-bond acceptors (Lipinski definition) is 5. The van der Waals surface area contributed by atoms with Gasteiger partial charge in [-0.25, -0.2) is 10.8 Å². The number of guanidine groups is 1. The fourth-order valence-electron chi connectivity index (χ4n) is 1.08. The lowest BCUT2D eigenvalue weighted by Gasteiger charge is -2.22. The van der Waals surface area contributed by atoms with Crippen LogP contribution in [-0.2, 0) is 0 Å². The fraction of sp³-hybridized carbons (Fsp3) is 0.167. The lowest BCUT2D eigenvalue weighted by molar-refractivity contribution is 0.513. The first-order valence-corrected chi connectivity index (χ1v) is 3.28. The van der Waals surface area contributed by atoms with Gasteiger partial charge in [-0.15, -0.1) is 0 Å². The summed E-state index contributed by atoms with van der Waals surface area (Å²) < 4.78 is 0. The summed E-state index contributed by atoms with van der Waals surface area (Å²) in [5.41, 5.74) is 6.30. The van der Waals surface area contributed by atoms with Crippen LogP contribution in [0, 0.1) is 0 Å². The topological polar surface area (TPSA) is 70.9 Å². The van der Waals surface area contributed by atoms with Gasteiger partial charge in [0.1, 0.15) is 0 Å². The van der Waals surface area contributed by atoms with Crippen molar-refractivity contribution in [2.24, 2.45) is 16.6 Å². The highest BCUT2D eigenvalue weighted by Gasteiger charge is 2.21. The number of hydrazine groups is 1. The van der Waals surface area contributed by atoms with Gasteiger partial charge in [0.25, 0.3) is 0 Å². The zero-order valence-corrected chi connectivity index (χ0v) is 5.94. The van der Waals surface area contributed by atoms with Crippen LogP contribution in [0.15, 0.2) is 29.3 Å². The van der Waals surface area contributed by atoms with Crippen LogP contribution in [-0.4, -0.2) is 22.4 Å². The van der Waals surface area contributed by atoms with Gasteiger partial charge in [-0.3, -0.25) is 5.01 Å². The van der Waals surface area contributed by atoms with Crippen molar-refractivity contribution in [1.82, 2.24) is 9.91 Å². The number of rotatable bonds is 0. The molecule has 2 aliphatic heterocycles. The molecule has 0 saturated heterocycles. The molecule has 0 aromatic heterocycles. The minimum absolute atomic E-state index is 0.670. The highest BCUT2D eigenvalue weighted by atomic mass is 15.5. The van der Waals surface area contributed by atoms with E-state index >= 15 is 0 Å². The third-order valence-electron chi connectivity index (χ3n) is 1.59. The van der Waals surface area contributed by atoms with Gasteiger partial charge in [-0.05, 0) is 0 Å². The Kier molecular flexibility index (Phi) is 1.13. The summed E-state index contributed by atoms with van der Waals surface area (Å²) in [4.78, 5) is 5.93. The second-order valence-electron chi connectivity index (χ2n) is 2.47. The lowest BCUT2D eigenvalue weighted by Crippen LogP contribution is -2.40. The van der Waals surface area contributed by atoms with Crippen molar-refractivity contribution in [3.8, 4) is 0 Å². The Bertz CT molecular complexity index is 264. The van der Waals surface area contributed by atoms with Gasteiger partial charge in [0.05, 0.1) is 12.7 Å². The molecule has 0 spiro atoms. The fourth-order valence-corrected chi connectivity index (χ4v) is 1.08. The van der Waals surface area contributed by atoms with Gasteiger partial charge < -0.3 is 10.6 Å². The third-order valence-corrected chi connectivity index (χ3v) is 1.59. The van der Waals surface area contributed by atoms with Crippen LogP contribution in [0.1, 0.15) is 0 Å². The smallest absolute Gasteiger partial charge is 0.224 e. The van der Waals surface area contributed by atoms with Crippen molar-refractivity contribution < 1.29 is 0 Å². The van der Waals surface area contributed by atoms with Crippen LogP contribution in [0.5, 0.6) is 0 Å². The minimum Gasteiger partial charge on any atom is -0.399 e. The molecule has 11 heavy (non-hydrogen) atoms.